The quantitative estimate of drug-likeness (QED) is 0.501. The first kappa shape index (κ1) is 11.1. The molecule has 0 heterocycles. The molecule has 66 valence electrons. The fourth-order valence-electron chi connectivity index (χ4n) is 0.504. The van der Waals surface area contributed by atoms with Crippen LogP contribution < -0.4 is 0 Å². The van der Waals surface area contributed by atoms with Crippen LogP contribution in [0.2, 0.25) is 0 Å². The van der Waals surface area contributed by atoms with E-state index in [1.807, 2.05) is 6.92 Å². The molecule has 2 nitrogen and oxygen atoms in total. The average molecular weight is 199 g/mol. The molecule has 0 bridgehead atoms. The maximum atomic E-state index is 10.7. The second-order valence-corrected chi connectivity index (χ2v) is 3.11. The summed E-state index contributed by atoms with van der Waals surface area (Å²) < 4.78 is 4.78. The molecule has 11 heavy (non-hydrogen) atoms. The van der Waals surface area contributed by atoms with Crippen LogP contribution in [0, 0.1) is 0 Å². The SMILES string of the molecule is CCCC(=O)OC[C@H](Cl)CCl. The Labute approximate surface area is 76.8 Å². The van der Waals surface area contributed by atoms with Crippen molar-refractivity contribution in [3.63, 3.8) is 0 Å². The lowest BCUT2D eigenvalue weighted by Gasteiger charge is -2.05. The van der Waals surface area contributed by atoms with E-state index in [1.165, 1.54) is 0 Å². The van der Waals surface area contributed by atoms with Gasteiger partial charge >= 0.3 is 5.97 Å². The molecule has 0 radical (unpaired) electrons. The van der Waals surface area contributed by atoms with Crippen LogP contribution in [0.1, 0.15) is 19.8 Å². The van der Waals surface area contributed by atoms with Crippen LogP contribution in [0.5, 0.6) is 0 Å². The number of ether oxygens (including phenoxy) is 1. The summed E-state index contributed by atoms with van der Waals surface area (Å²) >= 11 is 11.0. The monoisotopic (exact) mass is 198 g/mol. The van der Waals surface area contributed by atoms with Gasteiger partial charge in [-0.2, -0.15) is 0 Å². The summed E-state index contributed by atoms with van der Waals surface area (Å²) in [6.45, 7) is 2.13. The van der Waals surface area contributed by atoms with Gasteiger partial charge in [-0.25, -0.2) is 0 Å². The van der Waals surface area contributed by atoms with E-state index < -0.39 is 0 Å². The zero-order valence-corrected chi connectivity index (χ0v) is 7.99. The molecule has 0 amide bonds. The highest BCUT2D eigenvalue weighted by Crippen LogP contribution is 2.00. The molecule has 0 unspecified atom stereocenters. The summed E-state index contributed by atoms with van der Waals surface area (Å²) in [6.07, 6.45) is 1.25. The fourth-order valence-corrected chi connectivity index (χ4v) is 0.656. The smallest absolute Gasteiger partial charge is 0.305 e. The largest absolute Gasteiger partial charge is 0.464 e. The van der Waals surface area contributed by atoms with Gasteiger partial charge in [-0.3, -0.25) is 4.79 Å². The van der Waals surface area contributed by atoms with Gasteiger partial charge in [0.1, 0.15) is 6.61 Å². The van der Waals surface area contributed by atoms with Gasteiger partial charge in [0.25, 0.3) is 0 Å². The Bertz CT molecular complexity index is 117. The number of hydrogen-bond donors (Lipinski definition) is 0. The second-order valence-electron chi connectivity index (χ2n) is 2.18. The van der Waals surface area contributed by atoms with Crippen LogP contribution >= 0.6 is 23.2 Å². The van der Waals surface area contributed by atoms with Crippen molar-refractivity contribution in [3.05, 3.63) is 0 Å². The minimum Gasteiger partial charge on any atom is -0.464 e. The molecule has 0 spiro atoms. The van der Waals surface area contributed by atoms with E-state index in [9.17, 15) is 4.79 Å². The Morgan fingerprint density at radius 1 is 1.64 bits per heavy atom. The van der Waals surface area contributed by atoms with Crippen molar-refractivity contribution < 1.29 is 9.53 Å². The molecule has 4 heteroatoms. The van der Waals surface area contributed by atoms with Gasteiger partial charge in [0.15, 0.2) is 0 Å². The Morgan fingerprint density at radius 3 is 2.73 bits per heavy atom. The van der Waals surface area contributed by atoms with E-state index in [-0.39, 0.29) is 18.0 Å². The van der Waals surface area contributed by atoms with Gasteiger partial charge in [-0.1, -0.05) is 6.92 Å². The number of carbonyl (C=O) groups is 1. The lowest BCUT2D eigenvalue weighted by Crippen LogP contribution is -2.14. The molecule has 0 aromatic carbocycles. The fraction of sp³-hybridized carbons (Fsp3) is 0.857. The first-order chi connectivity index (χ1) is 5.20. The Kier molecular flexibility index (Phi) is 6.77. The summed E-state index contributed by atoms with van der Waals surface area (Å²) in [5, 5.41) is -0.266. The highest BCUT2D eigenvalue weighted by molar-refractivity contribution is 6.28. The Morgan fingerprint density at radius 2 is 2.27 bits per heavy atom. The molecule has 0 aromatic rings. The molecule has 0 aliphatic heterocycles. The maximum Gasteiger partial charge on any atom is 0.305 e. The van der Waals surface area contributed by atoms with Gasteiger partial charge in [-0.05, 0) is 6.42 Å². The normalized spacial score (nSPS) is 12.6. The predicted molar refractivity (Wildman–Crippen MR) is 46.2 cm³/mol. The molecule has 0 aliphatic rings. The molecule has 0 fully saturated rings. The summed E-state index contributed by atoms with van der Waals surface area (Å²) in [5.74, 6) is 0.101. The summed E-state index contributed by atoms with van der Waals surface area (Å²) in [4.78, 5) is 10.7. The van der Waals surface area contributed by atoms with Crippen molar-refractivity contribution in [1.82, 2.24) is 0 Å². The third-order valence-electron chi connectivity index (χ3n) is 1.05. The minimum atomic E-state index is -0.266. The third-order valence-corrected chi connectivity index (χ3v) is 1.86. The van der Waals surface area contributed by atoms with E-state index in [2.05, 4.69) is 0 Å². The van der Waals surface area contributed by atoms with Crippen molar-refractivity contribution in [2.24, 2.45) is 0 Å². The zero-order valence-electron chi connectivity index (χ0n) is 6.48. The van der Waals surface area contributed by atoms with E-state index >= 15 is 0 Å². The topological polar surface area (TPSA) is 26.3 Å². The van der Waals surface area contributed by atoms with Crippen molar-refractivity contribution in [2.75, 3.05) is 12.5 Å². The van der Waals surface area contributed by atoms with Gasteiger partial charge in [0.05, 0.1) is 5.38 Å². The summed E-state index contributed by atoms with van der Waals surface area (Å²) in [7, 11) is 0. The number of alkyl halides is 2. The Hall–Kier alpha value is 0.0500. The molecule has 0 rings (SSSR count). The second kappa shape index (κ2) is 6.74. The van der Waals surface area contributed by atoms with Gasteiger partial charge < -0.3 is 4.74 Å². The number of esters is 1. The number of halogens is 2. The number of rotatable bonds is 5. The first-order valence-electron chi connectivity index (χ1n) is 3.56. The maximum absolute atomic E-state index is 10.7. The summed E-state index contributed by atoms with van der Waals surface area (Å²) in [5.41, 5.74) is 0. The van der Waals surface area contributed by atoms with Crippen molar-refractivity contribution in [3.8, 4) is 0 Å². The molecule has 0 saturated carbocycles. The molecule has 0 aromatic heterocycles. The van der Waals surface area contributed by atoms with Gasteiger partial charge in [-0.15, -0.1) is 23.2 Å². The molecular weight excluding hydrogens is 187 g/mol. The van der Waals surface area contributed by atoms with E-state index in [0.717, 1.165) is 6.42 Å². The van der Waals surface area contributed by atoms with Crippen molar-refractivity contribution in [2.45, 2.75) is 25.1 Å². The van der Waals surface area contributed by atoms with Crippen molar-refractivity contribution >= 4 is 29.2 Å². The lowest BCUT2D eigenvalue weighted by molar-refractivity contribution is -0.143. The zero-order chi connectivity index (χ0) is 8.69. The van der Waals surface area contributed by atoms with Crippen molar-refractivity contribution in [1.29, 1.82) is 0 Å². The highest BCUT2D eigenvalue weighted by Gasteiger charge is 2.06. The molecule has 1 atom stereocenters. The van der Waals surface area contributed by atoms with E-state index in [1.54, 1.807) is 0 Å². The number of carbonyl (C=O) groups excluding carboxylic acids is 1. The highest BCUT2D eigenvalue weighted by atomic mass is 35.5. The van der Waals surface area contributed by atoms with Crippen LogP contribution in [-0.2, 0) is 9.53 Å². The van der Waals surface area contributed by atoms with E-state index in [0.29, 0.717) is 12.3 Å². The standard InChI is InChI=1S/C7H12Cl2O2/c1-2-3-7(10)11-5-6(9)4-8/h6H,2-5H2,1H3/t6-/m1/s1. The first-order valence-corrected chi connectivity index (χ1v) is 4.53. The van der Waals surface area contributed by atoms with Gasteiger partial charge in [0.2, 0.25) is 0 Å². The Balaban J connectivity index is 3.30. The third kappa shape index (κ3) is 6.45. The van der Waals surface area contributed by atoms with Gasteiger partial charge in [0, 0.05) is 12.3 Å². The summed E-state index contributed by atoms with van der Waals surface area (Å²) in [6, 6.07) is 0. The molecule has 0 saturated heterocycles. The van der Waals surface area contributed by atoms with Crippen LogP contribution in [0.3, 0.4) is 0 Å². The molecule has 0 aliphatic carbocycles. The predicted octanol–water partition coefficient (Wildman–Crippen LogP) is 2.18. The van der Waals surface area contributed by atoms with E-state index in [4.69, 9.17) is 27.9 Å². The number of hydrogen-bond acceptors (Lipinski definition) is 2. The van der Waals surface area contributed by atoms with Crippen LogP contribution in [0.4, 0.5) is 0 Å². The van der Waals surface area contributed by atoms with Crippen LogP contribution in [0.25, 0.3) is 0 Å². The molecule has 0 N–H and O–H groups in total. The minimum absolute atomic E-state index is 0.205. The molecular formula is C7H12Cl2O2. The van der Waals surface area contributed by atoms with Crippen LogP contribution in [-0.4, -0.2) is 23.8 Å². The van der Waals surface area contributed by atoms with Crippen LogP contribution in [0.15, 0.2) is 0 Å². The average Bonchev–Trinajstić information content (AvgIpc) is 2.01. The lowest BCUT2D eigenvalue weighted by atomic mass is 10.3.